The van der Waals surface area contributed by atoms with Crippen LogP contribution in [0.25, 0.3) is 0 Å². The Kier molecular flexibility index (Phi) is 6.01. The summed E-state index contributed by atoms with van der Waals surface area (Å²) < 4.78 is 35.1. The highest BCUT2D eigenvalue weighted by Crippen LogP contribution is 2.21. The summed E-state index contributed by atoms with van der Waals surface area (Å²) in [6.07, 6.45) is 3.65. The van der Waals surface area contributed by atoms with Crippen LogP contribution in [-0.4, -0.2) is 38.7 Å². The fourth-order valence-electron chi connectivity index (χ4n) is 2.80. The maximum atomic E-state index is 12.7. The van der Waals surface area contributed by atoms with Crippen LogP contribution < -0.4 is 5.32 Å². The van der Waals surface area contributed by atoms with Gasteiger partial charge in [0.2, 0.25) is 0 Å². The van der Waals surface area contributed by atoms with Crippen LogP contribution in [0.4, 0.5) is 5.69 Å². The maximum Gasteiger partial charge on any atom is 0.291 e. The Morgan fingerprint density at radius 1 is 1.22 bits per heavy atom. The van der Waals surface area contributed by atoms with Crippen molar-refractivity contribution in [1.82, 2.24) is 4.90 Å². The van der Waals surface area contributed by atoms with E-state index in [-0.39, 0.29) is 10.7 Å². The van der Waals surface area contributed by atoms with Crippen molar-refractivity contribution >= 4 is 43.4 Å². The third kappa shape index (κ3) is 4.98. The van der Waals surface area contributed by atoms with Crippen molar-refractivity contribution in [2.24, 2.45) is 4.40 Å². The molecule has 0 saturated carbocycles. The zero-order valence-electron chi connectivity index (χ0n) is 14.8. The van der Waals surface area contributed by atoms with Gasteiger partial charge < -0.3 is 14.6 Å². The van der Waals surface area contributed by atoms with Crippen LogP contribution in [0.5, 0.6) is 0 Å². The molecule has 1 amide bonds. The first-order valence-corrected chi connectivity index (χ1v) is 10.8. The number of sulfonamides is 1. The number of amides is 1. The zero-order valence-corrected chi connectivity index (χ0v) is 17.2. The van der Waals surface area contributed by atoms with E-state index in [1.807, 2.05) is 11.9 Å². The highest BCUT2D eigenvalue weighted by molar-refractivity contribution is 9.10. The summed E-state index contributed by atoms with van der Waals surface area (Å²) in [6.45, 7) is 0.795. The molecule has 1 fully saturated rings. The molecule has 2 heterocycles. The number of benzene rings is 1. The van der Waals surface area contributed by atoms with Gasteiger partial charge in [-0.15, -0.1) is 4.40 Å². The minimum absolute atomic E-state index is 0.0334. The Labute approximate surface area is 166 Å². The molecule has 1 saturated heterocycles. The van der Waals surface area contributed by atoms with Gasteiger partial charge in [-0.05, 0) is 59.1 Å². The van der Waals surface area contributed by atoms with Gasteiger partial charge in [0.1, 0.15) is 5.84 Å². The predicted octanol–water partition coefficient (Wildman–Crippen LogP) is 3.89. The number of likely N-dealkylation sites (tertiary alicyclic amines) is 1. The van der Waals surface area contributed by atoms with E-state index >= 15 is 0 Å². The molecule has 7 nitrogen and oxygen atoms in total. The van der Waals surface area contributed by atoms with Crippen molar-refractivity contribution in [3.63, 3.8) is 0 Å². The molecule has 0 spiro atoms. The lowest BCUT2D eigenvalue weighted by atomic mass is 10.2. The fraction of sp³-hybridized carbons (Fsp3) is 0.333. The number of hydrogen-bond acceptors (Lipinski definition) is 4. The first-order chi connectivity index (χ1) is 12.8. The molecule has 9 heteroatoms. The number of rotatable bonds is 4. The second-order valence-corrected chi connectivity index (χ2v) is 8.69. The number of nitrogens with one attached hydrogen (secondary N) is 1. The third-order valence-electron chi connectivity index (χ3n) is 4.25. The average Bonchev–Trinajstić information content (AvgIpc) is 2.97. The fourth-order valence-corrected chi connectivity index (χ4v) is 4.25. The van der Waals surface area contributed by atoms with Crippen LogP contribution in [0.3, 0.4) is 0 Å². The van der Waals surface area contributed by atoms with Crippen LogP contribution in [0.15, 0.2) is 54.8 Å². The molecule has 1 aliphatic heterocycles. The molecule has 0 unspecified atom stereocenters. The lowest BCUT2D eigenvalue weighted by Crippen LogP contribution is -2.26. The third-order valence-corrected chi connectivity index (χ3v) is 5.97. The van der Waals surface area contributed by atoms with Crippen LogP contribution >= 0.6 is 15.9 Å². The molecule has 0 atom stereocenters. The molecular formula is C18H20BrN3O4S. The number of anilines is 1. The Balaban J connectivity index is 1.82. The summed E-state index contributed by atoms with van der Waals surface area (Å²) >= 11 is 3.14. The molecule has 0 aliphatic carbocycles. The van der Waals surface area contributed by atoms with Crippen LogP contribution in [0.1, 0.15) is 36.2 Å². The average molecular weight is 454 g/mol. The molecule has 0 bridgehead atoms. The molecule has 3 rings (SSSR count). The SMILES string of the molecule is CN1CCCCCC1=NS(=O)(=O)c1cccc(NC(=O)c2ccc(Br)o2)c1. The largest absolute Gasteiger partial charge is 0.444 e. The van der Waals surface area contributed by atoms with Gasteiger partial charge in [-0.25, -0.2) is 0 Å². The zero-order chi connectivity index (χ0) is 19.4. The minimum atomic E-state index is -3.86. The van der Waals surface area contributed by atoms with E-state index < -0.39 is 15.9 Å². The van der Waals surface area contributed by atoms with Gasteiger partial charge >= 0.3 is 0 Å². The highest BCUT2D eigenvalue weighted by atomic mass is 79.9. The highest BCUT2D eigenvalue weighted by Gasteiger charge is 2.19. The first-order valence-electron chi connectivity index (χ1n) is 8.57. The van der Waals surface area contributed by atoms with Gasteiger partial charge in [0, 0.05) is 25.7 Å². The summed E-state index contributed by atoms with van der Waals surface area (Å²) in [5.41, 5.74) is 0.350. The molecule has 27 heavy (non-hydrogen) atoms. The second-order valence-electron chi connectivity index (χ2n) is 6.30. The lowest BCUT2D eigenvalue weighted by molar-refractivity contribution is 0.0995. The molecule has 1 aromatic heterocycles. The summed E-state index contributed by atoms with van der Waals surface area (Å²) in [4.78, 5) is 14.1. The van der Waals surface area contributed by atoms with E-state index in [1.54, 1.807) is 18.2 Å². The molecule has 144 valence electrons. The van der Waals surface area contributed by atoms with Crippen molar-refractivity contribution < 1.29 is 17.6 Å². The van der Waals surface area contributed by atoms with Crippen molar-refractivity contribution in [3.8, 4) is 0 Å². The van der Waals surface area contributed by atoms with Crippen LogP contribution in [0, 0.1) is 0 Å². The maximum absolute atomic E-state index is 12.7. The number of hydrogen-bond donors (Lipinski definition) is 1. The van der Waals surface area contributed by atoms with Gasteiger partial charge in [0.25, 0.3) is 15.9 Å². The van der Waals surface area contributed by atoms with Crippen molar-refractivity contribution in [2.75, 3.05) is 18.9 Å². The van der Waals surface area contributed by atoms with Gasteiger partial charge in [-0.1, -0.05) is 12.5 Å². The Hall–Kier alpha value is -2.13. The number of halogens is 1. The summed E-state index contributed by atoms with van der Waals surface area (Å²) in [6, 6.07) is 9.17. The van der Waals surface area contributed by atoms with Gasteiger partial charge in [0.15, 0.2) is 10.4 Å². The predicted molar refractivity (Wildman–Crippen MR) is 107 cm³/mol. The van der Waals surface area contributed by atoms with Crippen molar-refractivity contribution in [2.45, 2.75) is 30.6 Å². The standard InChI is InChI=1S/C18H20BrN3O4S/c1-22-11-4-2-3-8-17(22)21-27(24,25)14-7-5-6-13(12-14)20-18(23)15-9-10-16(19)26-15/h5-7,9-10,12H,2-4,8,11H2,1H3,(H,20,23). The van der Waals surface area contributed by atoms with Gasteiger partial charge in [-0.3, -0.25) is 4.79 Å². The van der Waals surface area contributed by atoms with E-state index in [0.717, 1.165) is 25.8 Å². The molecule has 2 aromatic rings. The van der Waals surface area contributed by atoms with E-state index in [0.29, 0.717) is 22.6 Å². The molecule has 1 aliphatic rings. The number of furan rings is 1. The van der Waals surface area contributed by atoms with Gasteiger partial charge in [0.05, 0.1) is 4.90 Å². The smallest absolute Gasteiger partial charge is 0.291 e. The normalized spacial score (nSPS) is 17.0. The minimum Gasteiger partial charge on any atom is -0.444 e. The number of amidine groups is 1. The molecule has 1 N–H and O–H groups in total. The number of carbonyl (C=O) groups is 1. The number of carbonyl (C=O) groups excluding carboxylic acids is 1. The van der Waals surface area contributed by atoms with E-state index in [2.05, 4.69) is 25.6 Å². The van der Waals surface area contributed by atoms with E-state index in [4.69, 9.17) is 4.42 Å². The van der Waals surface area contributed by atoms with Gasteiger partial charge in [-0.2, -0.15) is 8.42 Å². The second kappa shape index (κ2) is 8.26. The Morgan fingerprint density at radius 3 is 2.78 bits per heavy atom. The summed E-state index contributed by atoms with van der Waals surface area (Å²) in [5, 5.41) is 2.63. The van der Waals surface area contributed by atoms with Crippen LogP contribution in [-0.2, 0) is 10.0 Å². The quantitative estimate of drug-likeness (QED) is 0.757. The monoisotopic (exact) mass is 453 g/mol. The Bertz CT molecular complexity index is 968. The van der Waals surface area contributed by atoms with E-state index in [9.17, 15) is 13.2 Å². The number of nitrogens with zero attached hydrogens (tertiary/aromatic N) is 2. The lowest BCUT2D eigenvalue weighted by Gasteiger charge is -2.17. The molecular weight excluding hydrogens is 434 g/mol. The topological polar surface area (TPSA) is 92.0 Å². The Morgan fingerprint density at radius 2 is 2.04 bits per heavy atom. The molecule has 1 aromatic carbocycles. The summed E-state index contributed by atoms with van der Waals surface area (Å²) in [5.74, 6) is 0.225. The first kappa shape index (κ1) is 19.6. The van der Waals surface area contributed by atoms with E-state index in [1.165, 1.54) is 18.2 Å². The van der Waals surface area contributed by atoms with Crippen LogP contribution in [0.2, 0.25) is 0 Å². The van der Waals surface area contributed by atoms with Crippen molar-refractivity contribution in [3.05, 3.63) is 46.8 Å². The van der Waals surface area contributed by atoms with Crippen molar-refractivity contribution in [1.29, 1.82) is 0 Å². The summed E-state index contributed by atoms with van der Waals surface area (Å²) in [7, 11) is -2.00. The molecule has 0 radical (unpaired) electrons.